The molecule has 1 aromatic rings. The van der Waals surface area contributed by atoms with Crippen molar-refractivity contribution >= 4 is 38.5 Å². The van der Waals surface area contributed by atoms with E-state index in [1.54, 1.807) is 17.0 Å². The standard InChI is InChI=1S/C21H33N3O6SSi/c1-20(2,3)16-10-21(30-32(4)5,14-31-13-18(22)25)23(11-16)19(26)29-12-15-6-8-17(9-7-15)24(27)28/h6-9,16,32H,10-14H2,1-5H3,(H2,22,25)/t16-,21-/m0/s1. The molecule has 2 amide bonds. The van der Waals surface area contributed by atoms with Crippen LogP contribution >= 0.6 is 11.8 Å². The number of nitrogens with two attached hydrogens (primary N) is 1. The molecular weight excluding hydrogens is 450 g/mol. The molecule has 1 heterocycles. The summed E-state index contributed by atoms with van der Waals surface area (Å²) in [5, 5.41) is 10.8. The SMILES string of the molecule is C[SiH](C)O[C@]1(CSCC(N)=O)C[C@H](C(C)(C)C)CN1C(=O)OCc1ccc([N+](=O)[O-])cc1. The molecule has 11 heteroatoms. The van der Waals surface area contributed by atoms with Gasteiger partial charge in [-0.3, -0.25) is 19.8 Å². The number of nitrogens with zero attached hydrogens (tertiary/aromatic N) is 2. The lowest BCUT2D eigenvalue weighted by Gasteiger charge is -2.39. The summed E-state index contributed by atoms with van der Waals surface area (Å²) < 4.78 is 12.0. The van der Waals surface area contributed by atoms with Gasteiger partial charge in [0.15, 0.2) is 9.04 Å². The van der Waals surface area contributed by atoms with E-state index in [9.17, 15) is 19.7 Å². The first-order chi connectivity index (χ1) is 14.8. The van der Waals surface area contributed by atoms with E-state index in [-0.39, 0.29) is 29.4 Å². The minimum atomic E-state index is -1.56. The largest absolute Gasteiger partial charge is 0.444 e. The third-order valence-electron chi connectivity index (χ3n) is 5.44. The Labute approximate surface area is 194 Å². The summed E-state index contributed by atoms with van der Waals surface area (Å²) in [6.07, 6.45) is 0.157. The molecule has 1 aliphatic heterocycles. The number of hydrogen-bond acceptors (Lipinski definition) is 7. The first-order valence-corrected chi connectivity index (χ1v) is 14.5. The van der Waals surface area contributed by atoms with Crippen LogP contribution in [0.25, 0.3) is 0 Å². The molecule has 178 valence electrons. The topological polar surface area (TPSA) is 125 Å². The molecular formula is C21H33N3O6SSi. The Bertz CT molecular complexity index is 830. The number of carbonyl (C=O) groups is 2. The van der Waals surface area contributed by atoms with E-state index in [0.717, 1.165) is 0 Å². The summed E-state index contributed by atoms with van der Waals surface area (Å²) in [7, 11) is -1.56. The second-order valence-electron chi connectivity index (χ2n) is 9.43. The van der Waals surface area contributed by atoms with Crippen molar-refractivity contribution in [1.29, 1.82) is 0 Å². The lowest BCUT2D eigenvalue weighted by atomic mass is 9.79. The van der Waals surface area contributed by atoms with Gasteiger partial charge in [0.1, 0.15) is 12.3 Å². The van der Waals surface area contributed by atoms with Crippen LogP contribution in [0.2, 0.25) is 13.1 Å². The number of nitro groups is 1. The van der Waals surface area contributed by atoms with E-state index in [0.29, 0.717) is 24.3 Å². The van der Waals surface area contributed by atoms with E-state index in [2.05, 4.69) is 20.8 Å². The Hall–Kier alpha value is -2.11. The maximum absolute atomic E-state index is 13.2. The highest BCUT2D eigenvalue weighted by atomic mass is 32.2. The zero-order chi connectivity index (χ0) is 24.1. The van der Waals surface area contributed by atoms with Gasteiger partial charge in [-0.2, -0.15) is 0 Å². The Kier molecular flexibility index (Phi) is 8.72. The van der Waals surface area contributed by atoms with Crippen LogP contribution in [-0.4, -0.2) is 54.6 Å². The molecule has 1 aromatic carbocycles. The number of ether oxygens (including phenoxy) is 1. The molecule has 2 rings (SSSR count). The second-order valence-corrected chi connectivity index (χ2v) is 12.7. The van der Waals surface area contributed by atoms with Gasteiger partial charge < -0.3 is 14.9 Å². The van der Waals surface area contributed by atoms with Crippen LogP contribution in [0.15, 0.2) is 24.3 Å². The van der Waals surface area contributed by atoms with E-state index >= 15 is 0 Å². The first kappa shape index (κ1) is 26.1. The normalized spacial score (nSPS) is 21.1. The Morgan fingerprint density at radius 2 is 1.94 bits per heavy atom. The van der Waals surface area contributed by atoms with Gasteiger partial charge in [-0.05, 0) is 42.1 Å². The van der Waals surface area contributed by atoms with E-state index in [1.165, 1.54) is 23.9 Å². The van der Waals surface area contributed by atoms with Gasteiger partial charge in [0.2, 0.25) is 5.91 Å². The Balaban J connectivity index is 2.21. The quantitative estimate of drug-likeness (QED) is 0.324. The maximum atomic E-state index is 13.2. The van der Waals surface area contributed by atoms with Gasteiger partial charge in [0.05, 0.1) is 10.7 Å². The molecule has 9 nitrogen and oxygen atoms in total. The molecule has 0 spiro atoms. The number of amides is 2. The van der Waals surface area contributed by atoms with Crippen molar-refractivity contribution in [2.24, 2.45) is 17.1 Å². The summed E-state index contributed by atoms with van der Waals surface area (Å²) in [4.78, 5) is 36.5. The number of thioether (sulfide) groups is 1. The Morgan fingerprint density at radius 1 is 1.31 bits per heavy atom. The van der Waals surface area contributed by atoms with Crippen LogP contribution in [0, 0.1) is 21.4 Å². The molecule has 1 saturated heterocycles. The molecule has 0 radical (unpaired) electrons. The molecule has 32 heavy (non-hydrogen) atoms. The van der Waals surface area contributed by atoms with E-state index in [1.807, 2.05) is 13.1 Å². The molecule has 2 N–H and O–H groups in total. The molecule has 1 aliphatic rings. The van der Waals surface area contributed by atoms with Gasteiger partial charge in [0, 0.05) is 30.9 Å². The highest BCUT2D eigenvalue weighted by Crippen LogP contribution is 2.45. The predicted octanol–water partition coefficient (Wildman–Crippen LogP) is 3.51. The zero-order valence-electron chi connectivity index (χ0n) is 19.3. The van der Waals surface area contributed by atoms with Crippen molar-refractivity contribution in [3.8, 4) is 0 Å². The molecule has 0 aliphatic carbocycles. The highest BCUT2D eigenvalue weighted by Gasteiger charge is 2.52. The number of nitro benzene ring substituents is 1. The second kappa shape index (κ2) is 10.7. The van der Waals surface area contributed by atoms with E-state index < -0.39 is 31.7 Å². The fourth-order valence-electron chi connectivity index (χ4n) is 3.74. The number of non-ortho nitro benzene ring substituents is 1. The van der Waals surface area contributed by atoms with Crippen molar-refractivity contribution in [3.63, 3.8) is 0 Å². The third-order valence-corrected chi connectivity index (χ3v) is 7.50. The fourth-order valence-corrected chi connectivity index (χ4v) is 6.01. The number of primary amides is 1. The van der Waals surface area contributed by atoms with Gasteiger partial charge in [0.25, 0.3) is 5.69 Å². The summed E-state index contributed by atoms with van der Waals surface area (Å²) in [6.45, 7) is 11.0. The van der Waals surface area contributed by atoms with Crippen LogP contribution in [0.3, 0.4) is 0 Å². The van der Waals surface area contributed by atoms with Crippen molar-refractivity contribution in [1.82, 2.24) is 4.90 Å². The highest BCUT2D eigenvalue weighted by molar-refractivity contribution is 8.00. The van der Waals surface area contributed by atoms with Crippen LogP contribution in [0.4, 0.5) is 10.5 Å². The molecule has 0 saturated carbocycles. The van der Waals surface area contributed by atoms with Crippen molar-refractivity contribution in [2.45, 2.75) is 52.6 Å². The number of rotatable bonds is 9. The van der Waals surface area contributed by atoms with Gasteiger partial charge in [-0.1, -0.05) is 20.8 Å². The number of hydrogen-bond donors (Lipinski definition) is 1. The summed E-state index contributed by atoms with van der Waals surface area (Å²) in [5.74, 6) is 0.359. The molecule has 0 unspecified atom stereocenters. The number of likely N-dealkylation sites (tertiary alicyclic amines) is 1. The van der Waals surface area contributed by atoms with Gasteiger partial charge in [-0.15, -0.1) is 11.8 Å². The zero-order valence-corrected chi connectivity index (χ0v) is 21.3. The Morgan fingerprint density at radius 3 is 2.44 bits per heavy atom. The lowest BCUT2D eigenvalue weighted by Crippen LogP contribution is -2.53. The van der Waals surface area contributed by atoms with Crippen molar-refractivity contribution in [3.05, 3.63) is 39.9 Å². The summed E-state index contributed by atoms with van der Waals surface area (Å²) in [5.41, 5.74) is 5.05. The minimum Gasteiger partial charge on any atom is -0.444 e. The van der Waals surface area contributed by atoms with Crippen LogP contribution in [0.1, 0.15) is 32.8 Å². The lowest BCUT2D eigenvalue weighted by molar-refractivity contribution is -0.384. The van der Waals surface area contributed by atoms with Gasteiger partial charge in [-0.25, -0.2) is 4.79 Å². The van der Waals surface area contributed by atoms with Gasteiger partial charge >= 0.3 is 6.09 Å². The number of carbonyl (C=O) groups excluding carboxylic acids is 2. The maximum Gasteiger partial charge on any atom is 0.412 e. The van der Waals surface area contributed by atoms with Crippen LogP contribution < -0.4 is 5.73 Å². The summed E-state index contributed by atoms with van der Waals surface area (Å²) in [6, 6.07) is 5.90. The first-order valence-electron chi connectivity index (χ1n) is 10.6. The predicted molar refractivity (Wildman–Crippen MR) is 127 cm³/mol. The molecule has 0 aromatic heterocycles. The average molecular weight is 484 g/mol. The van der Waals surface area contributed by atoms with Crippen molar-refractivity contribution in [2.75, 3.05) is 18.1 Å². The minimum absolute atomic E-state index is 0.00285. The fraction of sp³-hybridized carbons (Fsp3) is 0.619. The van der Waals surface area contributed by atoms with Crippen LogP contribution in [-0.2, 0) is 20.6 Å². The molecule has 0 bridgehead atoms. The average Bonchev–Trinajstić information content (AvgIpc) is 3.05. The molecule has 2 atom stereocenters. The molecule has 1 fully saturated rings. The third kappa shape index (κ3) is 6.94. The monoisotopic (exact) mass is 483 g/mol. The smallest absolute Gasteiger partial charge is 0.412 e. The number of benzene rings is 1. The van der Waals surface area contributed by atoms with Crippen molar-refractivity contribution < 1.29 is 23.7 Å². The van der Waals surface area contributed by atoms with Crippen LogP contribution in [0.5, 0.6) is 0 Å². The van der Waals surface area contributed by atoms with E-state index in [4.69, 9.17) is 14.9 Å². The summed E-state index contributed by atoms with van der Waals surface area (Å²) >= 11 is 1.36.